The van der Waals surface area contributed by atoms with Crippen LogP contribution in [0.25, 0.3) is 0 Å². The lowest BCUT2D eigenvalue weighted by Gasteiger charge is -1.92. The van der Waals surface area contributed by atoms with Gasteiger partial charge in [-0.1, -0.05) is 13.3 Å². The molecule has 0 unspecified atom stereocenters. The number of rotatable bonds is 2. The predicted octanol–water partition coefficient (Wildman–Crippen LogP) is 2.29. The van der Waals surface area contributed by atoms with Gasteiger partial charge in [0, 0.05) is 19.4 Å². The minimum atomic E-state index is 1.21. The van der Waals surface area contributed by atoms with E-state index in [1.54, 1.807) is 0 Å². The summed E-state index contributed by atoms with van der Waals surface area (Å²) < 4.78 is 2.13. The molecule has 0 saturated carbocycles. The van der Waals surface area contributed by atoms with Gasteiger partial charge in [-0.25, -0.2) is 0 Å². The average Bonchev–Trinajstić information content (AvgIpc) is 2.13. The summed E-state index contributed by atoms with van der Waals surface area (Å²) in [5.74, 6) is 0. The number of aryl methyl sites for hydroxylation is 3. The fourth-order valence-corrected chi connectivity index (χ4v) is 1.30. The van der Waals surface area contributed by atoms with Crippen molar-refractivity contribution in [2.45, 2.75) is 26.7 Å². The van der Waals surface area contributed by atoms with E-state index in [4.69, 9.17) is 0 Å². The van der Waals surface area contributed by atoms with Crippen molar-refractivity contribution in [3.05, 3.63) is 23.5 Å². The van der Waals surface area contributed by atoms with Crippen LogP contribution in [0.5, 0.6) is 0 Å². The first-order valence-electron chi connectivity index (χ1n) is 3.85. The van der Waals surface area contributed by atoms with E-state index in [1.165, 1.54) is 24.0 Å². The zero-order valence-corrected chi connectivity index (χ0v) is 7.02. The second kappa shape index (κ2) is 2.91. The zero-order valence-electron chi connectivity index (χ0n) is 7.02. The summed E-state index contributed by atoms with van der Waals surface area (Å²) in [7, 11) is 2.08. The van der Waals surface area contributed by atoms with Crippen molar-refractivity contribution in [3.63, 3.8) is 0 Å². The number of hydrogen-bond acceptors (Lipinski definition) is 0. The smallest absolute Gasteiger partial charge is 0.0106 e. The van der Waals surface area contributed by atoms with Crippen molar-refractivity contribution in [2.75, 3.05) is 0 Å². The van der Waals surface area contributed by atoms with E-state index in [2.05, 4.69) is 37.9 Å². The molecule has 0 aliphatic heterocycles. The predicted molar refractivity (Wildman–Crippen MR) is 44.1 cm³/mol. The molecule has 0 amide bonds. The van der Waals surface area contributed by atoms with Gasteiger partial charge in [0.2, 0.25) is 0 Å². The van der Waals surface area contributed by atoms with Crippen LogP contribution in [0.3, 0.4) is 0 Å². The molecule has 0 saturated heterocycles. The van der Waals surface area contributed by atoms with E-state index in [0.29, 0.717) is 0 Å². The van der Waals surface area contributed by atoms with Crippen LogP contribution in [0.2, 0.25) is 0 Å². The first-order chi connectivity index (χ1) is 4.74. The summed E-state index contributed by atoms with van der Waals surface area (Å²) in [5.41, 5.74) is 2.91. The minimum absolute atomic E-state index is 1.21. The molecule has 0 radical (unpaired) electrons. The quantitative estimate of drug-likeness (QED) is 0.589. The molecule has 1 aromatic rings. The van der Waals surface area contributed by atoms with Gasteiger partial charge in [-0.2, -0.15) is 0 Å². The Morgan fingerprint density at radius 1 is 1.40 bits per heavy atom. The third-order valence-corrected chi connectivity index (χ3v) is 1.78. The second-order valence-electron chi connectivity index (χ2n) is 2.88. The Morgan fingerprint density at radius 3 is 2.50 bits per heavy atom. The highest BCUT2D eigenvalue weighted by atomic mass is 14.9. The van der Waals surface area contributed by atoms with Crippen LogP contribution in [-0.4, -0.2) is 4.57 Å². The molecule has 1 aromatic heterocycles. The Morgan fingerprint density at radius 2 is 2.10 bits per heavy atom. The van der Waals surface area contributed by atoms with E-state index in [9.17, 15) is 0 Å². The average molecular weight is 137 g/mol. The van der Waals surface area contributed by atoms with E-state index in [0.717, 1.165) is 0 Å². The van der Waals surface area contributed by atoms with Gasteiger partial charge in [0.1, 0.15) is 0 Å². The van der Waals surface area contributed by atoms with Gasteiger partial charge in [-0.05, 0) is 24.5 Å². The Hall–Kier alpha value is -0.720. The SMILES string of the molecule is CCCc1cn(C)cc1C. The Balaban J connectivity index is 2.81. The lowest BCUT2D eigenvalue weighted by atomic mass is 10.1. The molecule has 0 aliphatic carbocycles. The molecule has 0 bridgehead atoms. The highest BCUT2D eigenvalue weighted by Crippen LogP contribution is 2.09. The number of nitrogens with zero attached hydrogens (tertiary/aromatic N) is 1. The van der Waals surface area contributed by atoms with Gasteiger partial charge in [0.15, 0.2) is 0 Å². The molecule has 1 rings (SSSR count). The molecule has 10 heavy (non-hydrogen) atoms. The summed E-state index contributed by atoms with van der Waals surface area (Å²) >= 11 is 0. The Kier molecular flexibility index (Phi) is 2.15. The van der Waals surface area contributed by atoms with Crippen LogP contribution in [0.15, 0.2) is 12.4 Å². The Bertz CT molecular complexity index is 211. The van der Waals surface area contributed by atoms with E-state index < -0.39 is 0 Å². The Labute approximate surface area is 62.7 Å². The van der Waals surface area contributed by atoms with Crippen molar-refractivity contribution in [2.24, 2.45) is 7.05 Å². The third kappa shape index (κ3) is 1.41. The zero-order chi connectivity index (χ0) is 7.56. The van der Waals surface area contributed by atoms with Crippen molar-refractivity contribution >= 4 is 0 Å². The van der Waals surface area contributed by atoms with Crippen LogP contribution in [0.1, 0.15) is 24.5 Å². The summed E-state index contributed by atoms with van der Waals surface area (Å²) in [6, 6.07) is 0. The highest BCUT2D eigenvalue weighted by Gasteiger charge is 1.97. The number of aromatic nitrogens is 1. The molecular weight excluding hydrogens is 122 g/mol. The first-order valence-corrected chi connectivity index (χ1v) is 3.85. The van der Waals surface area contributed by atoms with Crippen molar-refractivity contribution in [3.8, 4) is 0 Å². The van der Waals surface area contributed by atoms with Gasteiger partial charge >= 0.3 is 0 Å². The molecule has 0 N–H and O–H groups in total. The molecule has 1 heterocycles. The van der Waals surface area contributed by atoms with Gasteiger partial charge in [0.25, 0.3) is 0 Å². The van der Waals surface area contributed by atoms with Gasteiger partial charge in [0.05, 0.1) is 0 Å². The van der Waals surface area contributed by atoms with Gasteiger partial charge < -0.3 is 4.57 Å². The molecule has 56 valence electrons. The van der Waals surface area contributed by atoms with Crippen molar-refractivity contribution < 1.29 is 0 Å². The monoisotopic (exact) mass is 137 g/mol. The summed E-state index contributed by atoms with van der Waals surface area (Å²) in [6.07, 6.45) is 6.83. The van der Waals surface area contributed by atoms with Crippen LogP contribution in [0.4, 0.5) is 0 Å². The third-order valence-electron chi connectivity index (χ3n) is 1.78. The highest BCUT2D eigenvalue weighted by molar-refractivity contribution is 5.22. The van der Waals surface area contributed by atoms with E-state index >= 15 is 0 Å². The van der Waals surface area contributed by atoms with Crippen LogP contribution in [0, 0.1) is 6.92 Å². The topological polar surface area (TPSA) is 4.93 Å². The summed E-state index contributed by atoms with van der Waals surface area (Å²) in [5, 5.41) is 0. The van der Waals surface area contributed by atoms with Crippen LogP contribution >= 0.6 is 0 Å². The van der Waals surface area contributed by atoms with Crippen molar-refractivity contribution in [1.82, 2.24) is 4.57 Å². The lowest BCUT2D eigenvalue weighted by molar-refractivity contribution is 0.889. The standard InChI is InChI=1S/C9H15N/c1-4-5-9-7-10(3)6-8(9)2/h6-7H,4-5H2,1-3H3. The first kappa shape index (κ1) is 7.39. The van der Waals surface area contributed by atoms with Crippen LogP contribution in [-0.2, 0) is 13.5 Å². The van der Waals surface area contributed by atoms with Gasteiger partial charge in [-0.15, -0.1) is 0 Å². The molecule has 1 heteroatoms. The normalized spacial score (nSPS) is 10.3. The fraction of sp³-hybridized carbons (Fsp3) is 0.556. The van der Waals surface area contributed by atoms with E-state index in [1.807, 2.05) is 0 Å². The maximum absolute atomic E-state index is 2.21. The van der Waals surface area contributed by atoms with Crippen molar-refractivity contribution in [1.29, 1.82) is 0 Å². The van der Waals surface area contributed by atoms with Gasteiger partial charge in [-0.3, -0.25) is 0 Å². The molecule has 0 spiro atoms. The molecule has 0 aromatic carbocycles. The minimum Gasteiger partial charge on any atom is -0.357 e. The molecule has 0 atom stereocenters. The molecule has 0 aliphatic rings. The number of hydrogen-bond donors (Lipinski definition) is 0. The molecular formula is C9H15N. The largest absolute Gasteiger partial charge is 0.357 e. The second-order valence-corrected chi connectivity index (χ2v) is 2.88. The molecule has 0 fully saturated rings. The maximum atomic E-state index is 2.21. The summed E-state index contributed by atoms with van der Waals surface area (Å²) in [4.78, 5) is 0. The van der Waals surface area contributed by atoms with E-state index in [-0.39, 0.29) is 0 Å². The lowest BCUT2D eigenvalue weighted by Crippen LogP contribution is -1.81. The van der Waals surface area contributed by atoms with Crippen LogP contribution < -0.4 is 0 Å². The summed E-state index contributed by atoms with van der Waals surface area (Å²) in [6.45, 7) is 4.39. The maximum Gasteiger partial charge on any atom is 0.0106 e. The fourth-order valence-electron chi connectivity index (χ4n) is 1.30. The molecule has 1 nitrogen and oxygen atoms in total.